The van der Waals surface area contributed by atoms with E-state index in [9.17, 15) is 5.11 Å². The Bertz CT molecular complexity index is 466. The Balaban J connectivity index is 1.54. The van der Waals surface area contributed by atoms with Gasteiger partial charge < -0.3 is 15.3 Å². The monoisotopic (exact) mass is 308 g/mol. The molecule has 3 rings (SSSR count). The van der Waals surface area contributed by atoms with E-state index in [0.29, 0.717) is 12.0 Å². The molecule has 1 saturated heterocycles. The van der Waals surface area contributed by atoms with Crippen molar-refractivity contribution in [2.24, 2.45) is 5.92 Å². The fourth-order valence-corrected chi connectivity index (χ4v) is 3.54. The first kappa shape index (κ1) is 15.1. The maximum Gasteiger partial charge on any atom is 0.0613 e. The molecule has 0 amide bonds. The van der Waals surface area contributed by atoms with Gasteiger partial charge in [-0.2, -0.15) is 0 Å². The zero-order valence-electron chi connectivity index (χ0n) is 12.7. The number of nitrogens with zero attached hydrogens (tertiary/aromatic N) is 1. The molecular weight excluding hydrogens is 284 g/mol. The highest BCUT2D eigenvalue weighted by molar-refractivity contribution is 6.30. The smallest absolute Gasteiger partial charge is 0.0613 e. The summed E-state index contributed by atoms with van der Waals surface area (Å²) in [5.74, 6) is 0.664. The molecule has 1 aliphatic heterocycles. The molecular formula is C17H25ClN2O. The normalized spacial score (nSPS) is 23.1. The fourth-order valence-electron chi connectivity index (χ4n) is 3.41. The third-order valence-corrected chi connectivity index (χ3v) is 5.28. The van der Waals surface area contributed by atoms with Gasteiger partial charge in [-0.1, -0.05) is 11.6 Å². The third-order valence-electron chi connectivity index (χ3n) is 5.03. The minimum atomic E-state index is -0.0763. The van der Waals surface area contributed by atoms with Crippen molar-refractivity contribution in [3.05, 3.63) is 29.3 Å². The molecule has 2 N–H and O–H groups in total. The van der Waals surface area contributed by atoms with Gasteiger partial charge in [0.2, 0.25) is 0 Å². The summed E-state index contributed by atoms with van der Waals surface area (Å²) in [5, 5.41) is 14.2. The fraction of sp³-hybridized carbons (Fsp3) is 0.647. The number of anilines is 1. The summed E-state index contributed by atoms with van der Waals surface area (Å²) < 4.78 is 0. The standard InChI is InChI=1S/C17H25ClN2O/c1-17(12-21,13-2-3-13)19-15-8-10-20(11-9-15)16-6-4-14(18)5-7-16/h4-7,13,15,19,21H,2-3,8-12H2,1H3. The molecule has 2 aliphatic rings. The largest absolute Gasteiger partial charge is 0.394 e. The topological polar surface area (TPSA) is 35.5 Å². The molecule has 3 nitrogen and oxygen atoms in total. The first-order valence-electron chi connectivity index (χ1n) is 8.00. The average Bonchev–Trinajstić information content (AvgIpc) is 3.34. The lowest BCUT2D eigenvalue weighted by molar-refractivity contribution is 0.135. The van der Waals surface area contributed by atoms with Gasteiger partial charge in [0.15, 0.2) is 0 Å². The predicted octanol–water partition coefficient (Wildman–Crippen LogP) is 3.06. The van der Waals surface area contributed by atoms with Gasteiger partial charge in [-0.05, 0) is 62.8 Å². The number of benzene rings is 1. The van der Waals surface area contributed by atoms with Crippen LogP contribution in [0.1, 0.15) is 32.6 Å². The average molecular weight is 309 g/mol. The number of piperidine rings is 1. The number of hydrogen-bond donors (Lipinski definition) is 2. The molecule has 0 aromatic heterocycles. The summed E-state index contributed by atoms with van der Waals surface area (Å²) in [5.41, 5.74) is 1.18. The van der Waals surface area contributed by atoms with Crippen LogP contribution in [0.15, 0.2) is 24.3 Å². The number of rotatable bonds is 5. The Hall–Kier alpha value is -0.770. The van der Waals surface area contributed by atoms with Crippen molar-refractivity contribution in [2.45, 2.75) is 44.2 Å². The molecule has 0 spiro atoms. The van der Waals surface area contributed by atoms with Crippen molar-refractivity contribution in [2.75, 3.05) is 24.6 Å². The van der Waals surface area contributed by atoms with E-state index >= 15 is 0 Å². The summed E-state index contributed by atoms with van der Waals surface area (Å²) in [6.07, 6.45) is 4.78. The van der Waals surface area contributed by atoms with Crippen molar-refractivity contribution in [1.29, 1.82) is 0 Å². The Morgan fingerprint density at radius 3 is 2.33 bits per heavy atom. The van der Waals surface area contributed by atoms with Crippen LogP contribution >= 0.6 is 11.6 Å². The van der Waals surface area contributed by atoms with Crippen LogP contribution in [0.3, 0.4) is 0 Å². The van der Waals surface area contributed by atoms with Gasteiger partial charge in [-0.3, -0.25) is 0 Å². The predicted molar refractivity (Wildman–Crippen MR) is 88.0 cm³/mol. The van der Waals surface area contributed by atoms with Crippen molar-refractivity contribution >= 4 is 17.3 Å². The first-order chi connectivity index (χ1) is 10.1. The van der Waals surface area contributed by atoms with Crippen LogP contribution in [0, 0.1) is 5.92 Å². The van der Waals surface area contributed by atoms with Gasteiger partial charge in [0.1, 0.15) is 0 Å². The first-order valence-corrected chi connectivity index (χ1v) is 8.37. The van der Waals surface area contributed by atoms with E-state index in [1.54, 1.807) is 0 Å². The Kier molecular flexibility index (Phi) is 4.43. The number of nitrogens with one attached hydrogen (secondary N) is 1. The van der Waals surface area contributed by atoms with Crippen LogP contribution < -0.4 is 10.2 Å². The molecule has 1 saturated carbocycles. The van der Waals surface area contributed by atoms with E-state index in [4.69, 9.17) is 11.6 Å². The van der Waals surface area contributed by atoms with Crippen molar-refractivity contribution in [1.82, 2.24) is 5.32 Å². The molecule has 116 valence electrons. The van der Waals surface area contributed by atoms with E-state index < -0.39 is 0 Å². The Morgan fingerprint density at radius 2 is 1.81 bits per heavy atom. The molecule has 21 heavy (non-hydrogen) atoms. The number of aliphatic hydroxyl groups excluding tert-OH is 1. The van der Waals surface area contributed by atoms with E-state index in [0.717, 1.165) is 31.0 Å². The van der Waals surface area contributed by atoms with Crippen LogP contribution in [0.25, 0.3) is 0 Å². The number of aliphatic hydroxyl groups is 1. The number of halogens is 1. The second kappa shape index (κ2) is 6.15. The highest BCUT2D eigenvalue weighted by Crippen LogP contribution is 2.40. The SMILES string of the molecule is CC(CO)(NC1CCN(c2ccc(Cl)cc2)CC1)C1CC1. The molecule has 1 aromatic rings. The lowest BCUT2D eigenvalue weighted by Crippen LogP contribution is -2.55. The summed E-state index contributed by atoms with van der Waals surface area (Å²) in [6, 6.07) is 8.62. The second-order valence-corrected chi connectivity index (χ2v) is 7.17. The quantitative estimate of drug-likeness (QED) is 0.877. The number of hydrogen-bond acceptors (Lipinski definition) is 3. The van der Waals surface area contributed by atoms with Crippen LogP contribution in [-0.2, 0) is 0 Å². The lowest BCUT2D eigenvalue weighted by atomic mass is 9.93. The molecule has 0 radical (unpaired) electrons. The molecule has 4 heteroatoms. The summed E-state index contributed by atoms with van der Waals surface area (Å²) in [6.45, 7) is 4.54. The highest BCUT2D eigenvalue weighted by atomic mass is 35.5. The van der Waals surface area contributed by atoms with Gasteiger partial charge in [0.25, 0.3) is 0 Å². The molecule has 0 bridgehead atoms. The minimum Gasteiger partial charge on any atom is -0.394 e. The minimum absolute atomic E-state index is 0.0763. The Morgan fingerprint density at radius 1 is 1.19 bits per heavy atom. The van der Waals surface area contributed by atoms with Crippen molar-refractivity contribution < 1.29 is 5.11 Å². The summed E-state index contributed by atoms with van der Waals surface area (Å²) in [4.78, 5) is 2.42. The van der Waals surface area contributed by atoms with E-state index in [1.165, 1.54) is 18.5 Å². The maximum atomic E-state index is 9.70. The molecule has 1 unspecified atom stereocenters. The third kappa shape index (κ3) is 3.53. The molecule has 2 fully saturated rings. The van der Waals surface area contributed by atoms with Crippen LogP contribution in [-0.4, -0.2) is 36.4 Å². The van der Waals surface area contributed by atoms with Gasteiger partial charge in [-0.15, -0.1) is 0 Å². The van der Waals surface area contributed by atoms with E-state index in [1.807, 2.05) is 12.1 Å². The summed E-state index contributed by atoms with van der Waals surface area (Å²) >= 11 is 5.95. The van der Waals surface area contributed by atoms with E-state index in [2.05, 4.69) is 29.3 Å². The Labute approximate surface area is 132 Å². The van der Waals surface area contributed by atoms with Gasteiger partial charge >= 0.3 is 0 Å². The molecule has 1 aromatic carbocycles. The molecule has 1 atom stereocenters. The summed E-state index contributed by atoms with van der Waals surface area (Å²) in [7, 11) is 0. The zero-order valence-corrected chi connectivity index (χ0v) is 13.4. The van der Waals surface area contributed by atoms with Gasteiger partial charge in [0.05, 0.1) is 6.61 Å². The van der Waals surface area contributed by atoms with Crippen LogP contribution in [0.4, 0.5) is 5.69 Å². The lowest BCUT2D eigenvalue weighted by Gasteiger charge is -2.39. The maximum absolute atomic E-state index is 9.70. The van der Waals surface area contributed by atoms with E-state index in [-0.39, 0.29) is 12.1 Å². The molecule has 1 aliphatic carbocycles. The zero-order chi connectivity index (χ0) is 14.9. The van der Waals surface area contributed by atoms with Gasteiger partial charge in [0, 0.05) is 35.4 Å². The van der Waals surface area contributed by atoms with Crippen LogP contribution in [0.2, 0.25) is 5.02 Å². The van der Waals surface area contributed by atoms with Crippen molar-refractivity contribution in [3.63, 3.8) is 0 Å². The van der Waals surface area contributed by atoms with Crippen molar-refractivity contribution in [3.8, 4) is 0 Å². The van der Waals surface area contributed by atoms with Gasteiger partial charge in [-0.25, -0.2) is 0 Å². The van der Waals surface area contributed by atoms with Crippen LogP contribution in [0.5, 0.6) is 0 Å². The highest BCUT2D eigenvalue weighted by Gasteiger charge is 2.42. The second-order valence-electron chi connectivity index (χ2n) is 6.73. The molecule has 1 heterocycles.